The first-order chi connectivity index (χ1) is 23.8. The van der Waals surface area contributed by atoms with E-state index in [1.165, 1.54) is 12.1 Å². The van der Waals surface area contributed by atoms with Crippen molar-refractivity contribution in [3.05, 3.63) is 120 Å². The van der Waals surface area contributed by atoms with Gasteiger partial charge in [-0.15, -0.1) is 0 Å². The van der Waals surface area contributed by atoms with E-state index in [2.05, 4.69) is 110 Å². The Labute approximate surface area is 306 Å². The molecule has 4 aromatic rings. The molecular weight excluding hydrogens is 668 g/mol. The van der Waals surface area contributed by atoms with Crippen LogP contribution < -0.4 is 9.33 Å². The molecule has 1 heterocycles. The minimum Gasteiger partial charge on any atom is -0.543 e. The lowest BCUT2D eigenvalue weighted by Crippen LogP contribution is -2.55. The summed E-state index contributed by atoms with van der Waals surface area (Å²) in [4.78, 5) is 15.9. The standard InChI is InChI=1S/C43H53FN2O3Si2/c1-42(2,3)50(7,8)48-37-13-11-12-34(28-37)31-16-18-33(19-17-31)40-38(41(47)46(40)36-24-14-30(29-45)15-25-36)26-27-39(32-20-22-35(44)23-21-32)49-51(9,10)43(4,5)6/h11-25,28,38-40H,26-27H2,1-10H3/t38-,39+,40-/m1/s1. The maximum absolute atomic E-state index is 14.0. The van der Waals surface area contributed by atoms with Crippen LogP contribution in [0.4, 0.5) is 10.1 Å². The molecule has 0 aromatic heterocycles. The van der Waals surface area contributed by atoms with Crippen LogP contribution in [0.2, 0.25) is 36.3 Å². The van der Waals surface area contributed by atoms with E-state index in [-0.39, 0.29) is 39.9 Å². The lowest BCUT2D eigenvalue weighted by Gasteiger charge is -2.48. The number of nitriles is 1. The summed E-state index contributed by atoms with van der Waals surface area (Å²) in [6.07, 6.45) is 0.986. The summed E-state index contributed by atoms with van der Waals surface area (Å²) in [5.74, 6) is 0.388. The van der Waals surface area contributed by atoms with E-state index in [0.717, 1.165) is 33.7 Å². The molecule has 0 bridgehead atoms. The molecule has 1 aliphatic rings. The van der Waals surface area contributed by atoms with Gasteiger partial charge in [-0.3, -0.25) is 4.79 Å². The number of hydrogen-bond acceptors (Lipinski definition) is 4. The number of hydrogen-bond donors (Lipinski definition) is 0. The average Bonchev–Trinajstić information content (AvgIpc) is 3.06. The number of carbonyl (C=O) groups excluding carboxylic acids is 1. The summed E-state index contributed by atoms with van der Waals surface area (Å²) in [5, 5.41) is 9.47. The molecule has 0 saturated carbocycles. The van der Waals surface area contributed by atoms with Crippen molar-refractivity contribution < 1.29 is 18.0 Å². The molecule has 1 fully saturated rings. The van der Waals surface area contributed by atoms with E-state index in [1.54, 1.807) is 24.3 Å². The van der Waals surface area contributed by atoms with Gasteiger partial charge in [0, 0.05) is 5.69 Å². The van der Waals surface area contributed by atoms with Crippen molar-refractivity contribution in [1.82, 2.24) is 0 Å². The summed E-state index contributed by atoms with van der Waals surface area (Å²) >= 11 is 0. The number of anilines is 1. The third-order valence-corrected chi connectivity index (χ3v) is 20.2. The van der Waals surface area contributed by atoms with Crippen LogP contribution in [0, 0.1) is 23.1 Å². The zero-order valence-corrected chi connectivity index (χ0v) is 33.9. The monoisotopic (exact) mass is 720 g/mol. The highest BCUT2D eigenvalue weighted by atomic mass is 28.4. The third-order valence-electron chi connectivity index (χ3n) is 11.3. The minimum absolute atomic E-state index is 0.00931. The Kier molecular flexibility index (Phi) is 10.9. The number of β-lactam (4-membered cyclic amide) rings is 1. The van der Waals surface area contributed by atoms with E-state index in [0.29, 0.717) is 18.4 Å². The van der Waals surface area contributed by atoms with Crippen molar-refractivity contribution in [1.29, 1.82) is 5.26 Å². The lowest BCUT2D eigenvalue weighted by molar-refractivity contribution is -0.131. The van der Waals surface area contributed by atoms with Crippen molar-refractivity contribution >= 4 is 28.2 Å². The zero-order valence-electron chi connectivity index (χ0n) is 31.9. The number of carbonyl (C=O) groups is 1. The van der Waals surface area contributed by atoms with Crippen molar-refractivity contribution in [2.75, 3.05) is 4.90 Å². The summed E-state index contributed by atoms with van der Waals surface area (Å²) in [6, 6.07) is 32.6. The van der Waals surface area contributed by atoms with E-state index >= 15 is 0 Å². The van der Waals surface area contributed by atoms with Crippen molar-refractivity contribution in [2.45, 2.75) is 103 Å². The number of rotatable bonds is 11. The zero-order chi connectivity index (χ0) is 37.4. The Bertz CT molecular complexity index is 1870. The quantitative estimate of drug-likeness (QED) is 0.114. The fourth-order valence-electron chi connectivity index (χ4n) is 6.09. The molecule has 268 valence electrons. The van der Waals surface area contributed by atoms with Gasteiger partial charge in [-0.05, 0) is 120 Å². The summed E-state index contributed by atoms with van der Waals surface area (Å²) in [7, 11) is -4.18. The number of nitrogens with zero attached hydrogens (tertiary/aromatic N) is 2. The molecule has 0 N–H and O–H groups in total. The first kappa shape index (κ1) is 38.2. The van der Waals surface area contributed by atoms with E-state index in [4.69, 9.17) is 8.85 Å². The second-order valence-corrected chi connectivity index (χ2v) is 26.4. The van der Waals surface area contributed by atoms with Gasteiger partial charge < -0.3 is 13.8 Å². The lowest BCUT2D eigenvalue weighted by atomic mass is 9.78. The van der Waals surface area contributed by atoms with Gasteiger partial charge >= 0.3 is 0 Å². The molecule has 5 nitrogen and oxygen atoms in total. The maximum atomic E-state index is 14.0. The highest BCUT2D eigenvalue weighted by Crippen LogP contribution is 2.48. The summed E-state index contributed by atoms with van der Waals surface area (Å²) in [6.45, 7) is 22.3. The number of halogens is 1. The van der Waals surface area contributed by atoms with Crippen LogP contribution in [0.1, 0.15) is 83.2 Å². The van der Waals surface area contributed by atoms with Crippen LogP contribution in [-0.4, -0.2) is 22.5 Å². The highest BCUT2D eigenvalue weighted by molar-refractivity contribution is 6.75. The van der Waals surface area contributed by atoms with E-state index < -0.39 is 16.6 Å². The molecule has 1 amide bonds. The Morgan fingerprint density at radius 1 is 0.804 bits per heavy atom. The van der Waals surface area contributed by atoms with Crippen molar-refractivity contribution in [3.63, 3.8) is 0 Å². The van der Waals surface area contributed by atoms with Crippen molar-refractivity contribution in [2.24, 2.45) is 5.92 Å². The Morgan fingerprint density at radius 2 is 1.41 bits per heavy atom. The van der Waals surface area contributed by atoms with Crippen LogP contribution in [0.3, 0.4) is 0 Å². The van der Waals surface area contributed by atoms with Crippen LogP contribution in [0.5, 0.6) is 5.75 Å². The Hall–Kier alpha value is -4.04. The molecule has 51 heavy (non-hydrogen) atoms. The number of amides is 1. The third kappa shape index (κ3) is 8.38. The average molecular weight is 721 g/mol. The first-order valence-electron chi connectivity index (χ1n) is 18.0. The molecule has 0 spiro atoms. The SMILES string of the molecule is CC(C)(C)[Si](C)(C)Oc1cccc(-c2ccc([C@@H]3[C@@H](CC[C@H](O[Si](C)(C)C(C)(C)C)c4ccc(F)cc4)C(=O)N3c3ccc(C#N)cc3)cc2)c1. The topological polar surface area (TPSA) is 62.6 Å². The fraction of sp³-hybridized carbons (Fsp3) is 0.395. The second kappa shape index (κ2) is 14.5. The fourth-order valence-corrected chi connectivity index (χ4v) is 8.43. The maximum Gasteiger partial charge on any atom is 0.250 e. The smallest absolute Gasteiger partial charge is 0.250 e. The number of benzene rings is 4. The molecule has 0 unspecified atom stereocenters. The van der Waals surface area contributed by atoms with Gasteiger partial charge in [-0.25, -0.2) is 4.39 Å². The second-order valence-electron chi connectivity index (χ2n) is 16.9. The molecule has 4 aromatic carbocycles. The largest absolute Gasteiger partial charge is 0.543 e. The normalized spacial score (nSPS) is 17.5. The molecule has 5 rings (SSSR count). The van der Waals surface area contributed by atoms with Gasteiger partial charge in [-0.2, -0.15) is 5.26 Å². The summed E-state index contributed by atoms with van der Waals surface area (Å²) in [5.41, 5.74) is 5.45. The van der Waals surface area contributed by atoms with Gasteiger partial charge in [0.1, 0.15) is 11.6 Å². The first-order valence-corrected chi connectivity index (χ1v) is 23.8. The van der Waals surface area contributed by atoms with Gasteiger partial charge in [0.25, 0.3) is 0 Å². The molecule has 0 aliphatic carbocycles. The minimum atomic E-state index is -2.19. The molecule has 1 aliphatic heterocycles. The van der Waals surface area contributed by atoms with E-state index in [9.17, 15) is 14.4 Å². The summed E-state index contributed by atoms with van der Waals surface area (Å²) < 4.78 is 27.5. The Morgan fingerprint density at radius 3 is 1.98 bits per heavy atom. The van der Waals surface area contributed by atoms with Gasteiger partial charge in [0.05, 0.1) is 29.7 Å². The van der Waals surface area contributed by atoms with Crippen LogP contribution >= 0.6 is 0 Å². The molecule has 8 heteroatoms. The predicted octanol–water partition coefficient (Wildman–Crippen LogP) is 12.0. The van der Waals surface area contributed by atoms with Gasteiger partial charge in [-0.1, -0.05) is 90.1 Å². The highest BCUT2D eigenvalue weighted by Gasteiger charge is 2.49. The van der Waals surface area contributed by atoms with Crippen LogP contribution in [-0.2, 0) is 9.22 Å². The molecule has 0 radical (unpaired) electrons. The van der Waals surface area contributed by atoms with E-state index in [1.807, 2.05) is 29.2 Å². The predicted molar refractivity (Wildman–Crippen MR) is 211 cm³/mol. The van der Waals surface area contributed by atoms with Crippen LogP contribution in [0.15, 0.2) is 97.1 Å². The molecule has 3 atom stereocenters. The molecule has 1 saturated heterocycles. The van der Waals surface area contributed by atoms with Crippen molar-refractivity contribution in [3.8, 4) is 22.9 Å². The van der Waals surface area contributed by atoms with Gasteiger partial charge in [0.2, 0.25) is 14.2 Å². The Balaban J connectivity index is 1.44. The molecular formula is C43H53FN2O3Si2. The van der Waals surface area contributed by atoms with Crippen LogP contribution in [0.25, 0.3) is 11.1 Å². The van der Waals surface area contributed by atoms with Gasteiger partial charge in [0.15, 0.2) is 8.32 Å².